The summed E-state index contributed by atoms with van der Waals surface area (Å²) in [6, 6.07) is 8.97. The highest BCUT2D eigenvalue weighted by molar-refractivity contribution is 5.89. The highest BCUT2D eigenvalue weighted by Crippen LogP contribution is 2.36. The number of likely N-dealkylation sites (tertiary alicyclic amines) is 1. The van der Waals surface area contributed by atoms with Crippen molar-refractivity contribution in [3.8, 4) is 0 Å². The molecule has 0 aliphatic carbocycles. The first-order valence-electron chi connectivity index (χ1n) is 8.24. The number of hydroxylamine groups is 1. The standard InChI is InChI=1S/C18H21F3N2O3/c1-2-15(24)23-11-8-17(9-12-23,14-6-4-3-5-7-14)16(25)22-26-13-10-18(19,20)21/h2-7H,1,8-13H2,(H,22,25). The summed E-state index contributed by atoms with van der Waals surface area (Å²) in [7, 11) is 0. The van der Waals surface area contributed by atoms with E-state index in [9.17, 15) is 22.8 Å². The molecule has 142 valence electrons. The predicted octanol–water partition coefficient (Wildman–Crippen LogP) is 2.73. The molecule has 0 bridgehead atoms. The molecule has 0 unspecified atom stereocenters. The molecule has 2 rings (SSSR count). The molecule has 1 saturated heterocycles. The van der Waals surface area contributed by atoms with Gasteiger partial charge in [-0.25, -0.2) is 5.48 Å². The van der Waals surface area contributed by atoms with Gasteiger partial charge in [-0.3, -0.25) is 14.4 Å². The number of amides is 2. The number of hydrogen-bond acceptors (Lipinski definition) is 3. The number of hydrogen-bond donors (Lipinski definition) is 1. The minimum atomic E-state index is -4.35. The van der Waals surface area contributed by atoms with E-state index in [1.807, 2.05) is 6.07 Å². The summed E-state index contributed by atoms with van der Waals surface area (Å²) in [4.78, 5) is 30.9. The zero-order valence-electron chi connectivity index (χ0n) is 14.2. The van der Waals surface area contributed by atoms with E-state index in [0.29, 0.717) is 25.9 Å². The molecule has 26 heavy (non-hydrogen) atoms. The van der Waals surface area contributed by atoms with Gasteiger partial charge in [0.05, 0.1) is 18.4 Å². The monoisotopic (exact) mass is 370 g/mol. The van der Waals surface area contributed by atoms with E-state index in [1.54, 1.807) is 29.2 Å². The molecular formula is C18H21F3N2O3. The van der Waals surface area contributed by atoms with Crippen LogP contribution in [0.2, 0.25) is 0 Å². The summed E-state index contributed by atoms with van der Waals surface area (Å²) >= 11 is 0. The maximum atomic E-state index is 12.8. The second kappa shape index (κ2) is 8.35. The van der Waals surface area contributed by atoms with Crippen molar-refractivity contribution in [2.24, 2.45) is 0 Å². The van der Waals surface area contributed by atoms with Crippen LogP contribution in [-0.2, 0) is 19.8 Å². The molecule has 1 aliphatic rings. The molecule has 1 aromatic carbocycles. The van der Waals surface area contributed by atoms with Crippen LogP contribution in [0.5, 0.6) is 0 Å². The molecule has 1 heterocycles. The van der Waals surface area contributed by atoms with E-state index in [0.717, 1.165) is 5.56 Å². The first-order chi connectivity index (χ1) is 12.3. The minimum absolute atomic E-state index is 0.214. The Labute approximate surface area is 149 Å². The molecule has 0 saturated carbocycles. The Bertz CT molecular complexity index is 639. The van der Waals surface area contributed by atoms with Crippen LogP contribution in [0.15, 0.2) is 43.0 Å². The van der Waals surface area contributed by atoms with E-state index in [-0.39, 0.29) is 5.91 Å². The fraction of sp³-hybridized carbons (Fsp3) is 0.444. The lowest BCUT2D eigenvalue weighted by atomic mass is 9.72. The van der Waals surface area contributed by atoms with E-state index in [1.165, 1.54) is 6.08 Å². The summed E-state index contributed by atoms with van der Waals surface area (Å²) in [6.07, 6.45) is -3.60. The van der Waals surface area contributed by atoms with Gasteiger partial charge in [0.25, 0.3) is 5.91 Å². The Kier molecular flexibility index (Phi) is 6.42. The highest BCUT2D eigenvalue weighted by Gasteiger charge is 2.43. The van der Waals surface area contributed by atoms with Gasteiger partial charge < -0.3 is 4.90 Å². The van der Waals surface area contributed by atoms with Crippen molar-refractivity contribution < 1.29 is 27.6 Å². The van der Waals surface area contributed by atoms with Gasteiger partial charge in [-0.2, -0.15) is 13.2 Å². The number of carbonyl (C=O) groups is 2. The summed E-state index contributed by atoms with van der Waals surface area (Å²) in [5.74, 6) is -0.718. The van der Waals surface area contributed by atoms with E-state index >= 15 is 0 Å². The van der Waals surface area contributed by atoms with Crippen LogP contribution in [-0.4, -0.2) is 42.6 Å². The number of carbonyl (C=O) groups excluding carboxylic acids is 2. The molecule has 1 aromatic rings. The maximum absolute atomic E-state index is 12.8. The Morgan fingerprint density at radius 3 is 2.38 bits per heavy atom. The Morgan fingerprint density at radius 2 is 1.85 bits per heavy atom. The van der Waals surface area contributed by atoms with Crippen molar-refractivity contribution in [1.29, 1.82) is 0 Å². The fourth-order valence-electron chi connectivity index (χ4n) is 3.02. The summed E-state index contributed by atoms with van der Waals surface area (Å²) < 4.78 is 36.6. The largest absolute Gasteiger partial charge is 0.391 e. The quantitative estimate of drug-likeness (QED) is 0.476. The van der Waals surface area contributed by atoms with Crippen molar-refractivity contribution in [1.82, 2.24) is 10.4 Å². The SMILES string of the molecule is C=CC(=O)N1CCC(C(=O)NOCCC(F)(F)F)(c2ccccc2)CC1. The average Bonchev–Trinajstić information content (AvgIpc) is 2.64. The third-order valence-electron chi connectivity index (χ3n) is 4.52. The molecular weight excluding hydrogens is 349 g/mol. The molecule has 5 nitrogen and oxygen atoms in total. The molecule has 1 aliphatic heterocycles. The van der Waals surface area contributed by atoms with Crippen LogP contribution >= 0.6 is 0 Å². The number of nitrogens with one attached hydrogen (secondary N) is 1. The van der Waals surface area contributed by atoms with E-state index in [2.05, 4.69) is 12.1 Å². The van der Waals surface area contributed by atoms with Gasteiger partial charge in [0.15, 0.2) is 0 Å². The zero-order valence-corrected chi connectivity index (χ0v) is 14.2. The number of halogens is 3. The lowest BCUT2D eigenvalue weighted by Crippen LogP contribution is -2.52. The Hall–Kier alpha value is -2.35. The first kappa shape index (κ1) is 20.0. The zero-order chi connectivity index (χ0) is 19.2. The molecule has 0 atom stereocenters. The van der Waals surface area contributed by atoms with Crippen LogP contribution in [0.4, 0.5) is 13.2 Å². The second-order valence-electron chi connectivity index (χ2n) is 6.12. The fourth-order valence-corrected chi connectivity index (χ4v) is 3.02. The van der Waals surface area contributed by atoms with Crippen LogP contribution in [0.1, 0.15) is 24.8 Å². The molecule has 2 amide bonds. The van der Waals surface area contributed by atoms with Crippen molar-refractivity contribution in [3.05, 3.63) is 48.6 Å². The third-order valence-corrected chi connectivity index (χ3v) is 4.52. The normalized spacial score (nSPS) is 16.8. The van der Waals surface area contributed by atoms with Crippen LogP contribution in [0.25, 0.3) is 0 Å². The molecule has 1 N–H and O–H groups in total. The number of alkyl halides is 3. The number of piperidine rings is 1. The van der Waals surface area contributed by atoms with Crippen LogP contribution in [0.3, 0.4) is 0 Å². The number of rotatable bonds is 6. The lowest BCUT2D eigenvalue weighted by Gasteiger charge is -2.40. The second-order valence-corrected chi connectivity index (χ2v) is 6.12. The molecule has 8 heteroatoms. The van der Waals surface area contributed by atoms with Crippen LogP contribution < -0.4 is 5.48 Å². The maximum Gasteiger partial charge on any atom is 0.391 e. The molecule has 0 spiro atoms. The van der Waals surface area contributed by atoms with Gasteiger partial charge in [0.2, 0.25) is 5.91 Å². The van der Waals surface area contributed by atoms with Gasteiger partial charge in [0.1, 0.15) is 0 Å². The Balaban J connectivity index is 2.09. The third kappa shape index (κ3) is 4.85. The molecule has 1 fully saturated rings. The first-order valence-corrected chi connectivity index (χ1v) is 8.24. The molecule has 0 radical (unpaired) electrons. The smallest absolute Gasteiger partial charge is 0.339 e. The number of benzene rings is 1. The van der Waals surface area contributed by atoms with E-state index < -0.39 is 30.5 Å². The summed E-state index contributed by atoms with van der Waals surface area (Å²) in [5, 5.41) is 0. The number of nitrogens with zero attached hydrogens (tertiary/aromatic N) is 1. The van der Waals surface area contributed by atoms with Gasteiger partial charge >= 0.3 is 6.18 Å². The van der Waals surface area contributed by atoms with Crippen molar-refractivity contribution in [2.75, 3.05) is 19.7 Å². The van der Waals surface area contributed by atoms with Gasteiger partial charge in [-0.15, -0.1) is 0 Å². The van der Waals surface area contributed by atoms with Gasteiger partial charge in [-0.05, 0) is 24.5 Å². The highest BCUT2D eigenvalue weighted by atomic mass is 19.4. The predicted molar refractivity (Wildman–Crippen MR) is 88.9 cm³/mol. The Morgan fingerprint density at radius 1 is 1.23 bits per heavy atom. The topological polar surface area (TPSA) is 58.6 Å². The summed E-state index contributed by atoms with van der Waals surface area (Å²) in [6.45, 7) is 3.49. The van der Waals surface area contributed by atoms with Crippen molar-refractivity contribution >= 4 is 11.8 Å². The van der Waals surface area contributed by atoms with Crippen LogP contribution in [0, 0.1) is 0 Å². The van der Waals surface area contributed by atoms with E-state index in [4.69, 9.17) is 4.84 Å². The lowest BCUT2D eigenvalue weighted by molar-refractivity contribution is -0.160. The average molecular weight is 370 g/mol. The van der Waals surface area contributed by atoms with Crippen molar-refractivity contribution in [3.63, 3.8) is 0 Å². The summed E-state index contributed by atoms with van der Waals surface area (Å²) in [5.41, 5.74) is 1.94. The van der Waals surface area contributed by atoms with Crippen molar-refractivity contribution in [2.45, 2.75) is 30.9 Å². The molecule has 0 aromatic heterocycles. The van der Waals surface area contributed by atoms with Gasteiger partial charge in [-0.1, -0.05) is 36.9 Å². The minimum Gasteiger partial charge on any atom is -0.339 e. The van der Waals surface area contributed by atoms with Gasteiger partial charge in [0, 0.05) is 13.1 Å².